The van der Waals surface area contributed by atoms with E-state index in [-0.39, 0.29) is 11.3 Å². The van der Waals surface area contributed by atoms with Gasteiger partial charge in [-0.2, -0.15) is 0 Å². The predicted molar refractivity (Wildman–Crippen MR) is 98.2 cm³/mol. The van der Waals surface area contributed by atoms with Crippen LogP contribution in [0, 0.1) is 17.0 Å². The molecule has 0 unspecified atom stereocenters. The van der Waals surface area contributed by atoms with E-state index in [1.807, 2.05) is 31.2 Å². The number of esters is 1. The highest BCUT2D eigenvalue weighted by Crippen LogP contribution is 2.25. The summed E-state index contributed by atoms with van der Waals surface area (Å²) in [7, 11) is 0. The van der Waals surface area contributed by atoms with Crippen molar-refractivity contribution in [2.24, 2.45) is 0 Å². The minimum atomic E-state index is -0.905. The van der Waals surface area contributed by atoms with E-state index >= 15 is 0 Å². The van der Waals surface area contributed by atoms with E-state index in [1.165, 1.54) is 23.9 Å². The first-order valence-corrected chi connectivity index (χ1v) is 8.95. The molecule has 0 spiro atoms. The summed E-state index contributed by atoms with van der Waals surface area (Å²) in [5.74, 6) is -1.39. The van der Waals surface area contributed by atoms with E-state index in [2.05, 4.69) is 5.32 Å². The predicted octanol–water partition coefficient (Wildman–Crippen LogP) is 3.10. The third kappa shape index (κ3) is 5.32. The van der Waals surface area contributed by atoms with Gasteiger partial charge in [0.1, 0.15) is 5.56 Å². The van der Waals surface area contributed by atoms with Crippen LogP contribution in [-0.2, 0) is 16.1 Å². The van der Waals surface area contributed by atoms with E-state index in [4.69, 9.17) is 4.74 Å². The second kappa shape index (κ2) is 9.00. The van der Waals surface area contributed by atoms with E-state index in [0.717, 1.165) is 11.1 Å². The summed E-state index contributed by atoms with van der Waals surface area (Å²) < 4.78 is 4.92. The molecular weight excluding hydrogens is 356 g/mol. The summed E-state index contributed by atoms with van der Waals surface area (Å²) in [5, 5.41) is 13.7. The molecule has 0 atom stereocenters. The van der Waals surface area contributed by atoms with Crippen molar-refractivity contribution in [1.29, 1.82) is 0 Å². The Labute approximate surface area is 154 Å². The van der Waals surface area contributed by atoms with Crippen LogP contribution in [0.3, 0.4) is 0 Å². The topological polar surface area (TPSA) is 98.5 Å². The molecule has 26 heavy (non-hydrogen) atoms. The molecule has 0 saturated heterocycles. The van der Waals surface area contributed by atoms with E-state index in [0.29, 0.717) is 11.4 Å². The first-order chi connectivity index (χ1) is 12.4. The number of rotatable bonds is 7. The standard InChI is InChI=1S/C18H18N2O5S/c1-12-3-5-13(6-4-12)10-19-17(21)11-25-18(22)15-9-14(26-2)7-8-16(15)20(23)24/h3-9H,10-11H2,1-2H3,(H,19,21). The van der Waals surface area contributed by atoms with Crippen LogP contribution >= 0.6 is 11.8 Å². The zero-order valence-corrected chi connectivity index (χ0v) is 15.2. The van der Waals surface area contributed by atoms with Crippen LogP contribution in [-0.4, -0.2) is 29.7 Å². The van der Waals surface area contributed by atoms with Crippen molar-refractivity contribution in [2.45, 2.75) is 18.4 Å². The number of aryl methyl sites for hydroxylation is 1. The Hall–Kier alpha value is -2.87. The highest BCUT2D eigenvalue weighted by molar-refractivity contribution is 7.98. The Kier molecular flexibility index (Phi) is 6.74. The SMILES string of the molecule is CSc1ccc([N+](=O)[O-])c(C(=O)OCC(=O)NCc2ccc(C)cc2)c1. The number of nitrogens with one attached hydrogen (secondary N) is 1. The highest BCUT2D eigenvalue weighted by atomic mass is 32.2. The third-order valence-corrected chi connectivity index (χ3v) is 4.29. The molecule has 0 aliphatic heterocycles. The summed E-state index contributed by atoms with van der Waals surface area (Å²) >= 11 is 1.34. The number of ether oxygens (including phenoxy) is 1. The lowest BCUT2D eigenvalue weighted by Crippen LogP contribution is -2.28. The van der Waals surface area contributed by atoms with Crippen LogP contribution in [0.2, 0.25) is 0 Å². The summed E-state index contributed by atoms with van der Waals surface area (Å²) in [6.07, 6.45) is 1.79. The first kappa shape index (κ1) is 19.5. The fraction of sp³-hybridized carbons (Fsp3) is 0.222. The molecule has 7 nitrogen and oxygen atoms in total. The summed E-state index contributed by atoms with van der Waals surface area (Å²) in [6, 6.07) is 11.8. The van der Waals surface area contributed by atoms with Crippen LogP contribution in [0.1, 0.15) is 21.5 Å². The maximum absolute atomic E-state index is 12.1. The fourth-order valence-electron chi connectivity index (χ4n) is 2.13. The highest BCUT2D eigenvalue weighted by Gasteiger charge is 2.22. The van der Waals surface area contributed by atoms with Gasteiger partial charge >= 0.3 is 5.97 Å². The van der Waals surface area contributed by atoms with Gasteiger partial charge in [-0.15, -0.1) is 11.8 Å². The molecule has 0 saturated carbocycles. The van der Waals surface area contributed by atoms with Crippen molar-refractivity contribution in [3.8, 4) is 0 Å². The maximum Gasteiger partial charge on any atom is 0.345 e. The van der Waals surface area contributed by atoms with Gasteiger partial charge in [0.05, 0.1) is 4.92 Å². The van der Waals surface area contributed by atoms with Crippen LogP contribution in [0.25, 0.3) is 0 Å². The minimum absolute atomic E-state index is 0.173. The average molecular weight is 374 g/mol. The van der Waals surface area contributed by atoms with Gasteiger partial charge in [0, 0.05) is 17.5 Å². The van der Waals surface area contributed by atoms with E-state index < -0.39 is 23.4 Å². The molecule has 0 heterocycles. The monoisotopic (exact) mass is 374 g/mol. The molecule has 2 aromatic carbocycles. The molecule has 0 bridgehead atoms. The molecule has 136 valence electrons. The molecule has 0 aliphatic rings. The third-order valence-electron chi connectivity index (χ3n) is 3.56. The number of hydrogen-bond acceptors (Lipinski definition) is 6. The van der Waals surface area contributed by atoms with Crippen LogP contribution < -0.4 is 5.32 Å². The molecular formula is C18H18N2O5S. The zero-order chi connectivity index (χ0) is 19.1. The number of hydrogen-bond donors (Lipinski definition) is 1. The lowest BCUT2D eigenvalue weighted by atomic mass is 10.1. The molecule has 0 aliphatic carbocycles. The lowest BCUT2D eigenvalue weighted by Gasteiger charge is -2.08. The van der Waals surface area contributed by atoms with Gasteiger partial charge in [0.15, 0.2) is 6.61 Å². The maximum atomic E-state index is 12.1. The average Bonchev–Trinajstić information content (AvgIpc) is 2.64. The lowest BCUT2D eigenvalue weighted by molar-refractivity contribution is -0.385. The van der Waals surface area contributed by atoms with Gasteiger partial charge in [-0.1, -0.05) is 29.8 Å². The largest absolute Gasteiger partial charge is 0.452 e. The molecule has 0 fully saturated rings. The zero-order valence-electron chi connectivity index (χ0n) is 14.4. The van der Waals surface area contributed by atoms with Crippen molar-refractivity contribution in [3.63, 3.8) is 0 Å². The van der Waals surface area contributed by atoms with Gasteiger partial charge in [-0.3, -0.25) is 14.9 Å². The smallest absolute Gasteiger partial charge is 0.345 e. The normalized spacial score (nSPS) is 10.2. The number of nitro groups is 1. The van der Waals surface area contributed by atoms with Gasteiger partial charge < -0.3 is 10.1 Å². The Morgan fingerprint density at radius 1 is 1.19 bits per heavy atom. The van der Waals surface area contributed by atoms with E-state index in [1.54, 1.807) is 12.3 Å². The van der Waals surface area contributed by atoms with Gasteiger partial charge in [-0.25, -0.2) is 4.79 Å². The number of benzene rings is 2. The Morgan fingerprint density at radius 2 is 1.88 bits per heavy atom. The number of carbonyl (C=O) groups excluding carboxylic acids is 2. The van der Waals surface area contributed by atoms with Crippen LogP contribution in [0.15, 0.2) is 47.4 Å². The number of carbonyl (C=O) groups is 2. The van der Waals surface area contributed by atoms with Gasteiger partial charge in [0.2, 0.25) is 0 Å². The van der Waals surface area contributed by atoms with Crippen molar-refractivity contribution in [3.05, 3.63) is 69.3 Å². The molecule has 0 aromatic heterocycles. The summed E-state index contributed by atoms with van der Waals surface area (Å²) in [5.41, 5.74) is 1.50. The molecule has 2 aromatic rings. The summed E-state index contributed by atoms with van der Waals surface area (Å²) in [6.45, 7) is 1.76. The fourth-order valence-corrected chi connectivity index (χ4v) is 2.57. The number of nitrogens with zero attached hydrogens (tertiary/aromatic N) is 1. The van der Waals surface area contributed by atoms with Crippen LogP contribution in [0.4, 0.5) is 5.69 Å². The molecule has 1 N–H and O–H groups in total. The van der Waals surface area contributed by atoms with Gasteiger partial charge in [-0.05, 0) is 30.9 Å². The van der Waals surface area contributed by atoms with Crippen molar-refractivity contribution >= 4 is 29.3 Å². The van der Waals surface area contributed by atoms with Crippen LogP contribution in [0.5, 0.6) is 0 Å². The number of nitro benzene ring substituents is 1. The second-order valence-electron chi connectivity index (χ2n) is 5.48. The van der Waals surface area contributed by atoms with Gasteiger partial charge in [0.25, 0.3) is 11.6 Å². The Morgan fingerprint density at radius 3 is 2.50 bits per heavy atom. The quantitative estimate of drug-likeness (QED) is 0.346. The minimum Gasteiger partial charge on any atom is -0.452 e. The number of thioether (sulfide) groups is 1. The van der Waals surface area contributed by atoms with E-state index in [9.17, 15) is 19.7 Å². The molecule has 0 radical (unpaired) electrons. The molecule has 2 rings (SSSR count). The Bertz CT molecular complexity index is 821. The first-order valence-electron chi connectivity index (χ1n) is 7.72. The Balaban J connectivity index is 1.94. The van der Waals surface area contributed by atoms with Crippen molar-refractivity contribution in [1.82, 2.24) is 5.32 Å². The second-order valence-corrected chi connectivity index (χ2v) is 6.36. The summed E-state index contributed by atoms with van der Waals surface area (Å²) in [4.78, 5) is 35.1. The number of amides is 1. The van der Waals surface area contributed by atoms with Crippen molar-refractivity contribution in [2.75, 3.05) is 12.9 Å². The molecule has 8 heteroatoms. The molecule has 1 amide bonds. The van der Waals surface area contributed by atoms with Crippen molar-refractivity contribution < 1.29 is 19.2 Å².